The number of nitrogens with zero attached hydrogens (tertiary/aromatic N) is 2. The van der Waals surface area contributed by atoms with E-state index >= 15 is 0 Å². The summed E-state index contributed by atoms with van der Waals surface area (Å²) in [6.07, 6.45) is 7.47. The predicted molar refractivity (Wildman–Crippen MR) is 168 cm³/mol. The van der Waals surface area contributed by atoms with Crippen molar-refractivity contribution in [2.24, 2.45) is 45.8 Å². The summed E-state index contributed by atoms with van der Waals surface area (Å²) in [5, 5.41) is 21.1. The first-order valence-electron chi connectivity index (χ1n) is 16.8. The van der Waals surface area contributed by atoms with Crippen LogP contribution in [-0.4, -0.2) is 112 Å². The Bertz CT molecular complexity index is 1080. The summed E-state index contributed by atoms with van der Waals surface area (Å²) in [6, 6.07) is 0. The van der Waals surface area contributed by atoms with Crippen LogP contribution in [-0.2, 0) is 19.1 Å². The Morgan fingerprint density at radius 2 is 1.47 bits per heavy atom. The molecule has 0 aromatic rings. The van der Waals surface area contributed by atoms with Crippen molar-refractivity contribution in [3.8, 4) is 0 Å². The second kappa shape index (κ2) is 12.0. The first-order chi connectivity index (χ1) is 19.7. The fourth-order valence-corrected chi connectivity index (χ4v) is 10.1. The van der Waals surface area contributed by atoms with Crippen LogP contribution in [0, 0.1) is 45.8 Å². The lowest BCUT2D eigenvalue weighted by Gasteiger charge is -2.68. The molecule has 0 aromatic heterocycles. The van der Waals surface area contributed by atoms with Gasteiger partial charge in [0.05, 0.1) is 53.6 Å². The molecule has 246 valence electrons. The van der Waals surface area contributed by atoms with Gasteiger partial charge in [-0.05, 0) is 74.5 Å². The Kier molecular flexibility index (Phi) is 9.63. The van der Waals surface area contributed by atoms with Crippen LogP contribution in [0.1, 0.15) is 72.6 Å². The van der Waals surface area contributed by atoms with Crippen LogP contribution in [0.25, 0.3) is 0 Å². The third-order valence-electron chi connectivity index (χ3n) is 11.6. The zero-order chi connectivity index (χ0) is 32.2. The molecule has 43 heavy (non-hydrogen) atoms. The van der Waals surface area contributed by atoms with Crippen molar-refractivity contribution in [2.45, 2.75) is 84.8 Å². The fraction of sp³-hybridized carbons (Fsp3) is 0.886. The van der Waals surface area contributed by atoms with E-state index in [1.165, 1.54) is 5.57 Å². The largest absolute Gasteiger partial charge is 0.462 e. The lowest BCUT2D eigenvalue weighted by Crippen LogP contribution is -2.64. The molecular formula is C35H62N2O6+2. The Hall–Kier alpha value is -1.48. The van der Waals surface area contributed by atoms with Gasteiger partial charge in [-0.25, -0.2) is 0 Å². The fourth-order valence-electron chi connectivity index (χ4n) is 10.1. The van der Waals surface area contributed by atoms with E-state index in [0.717, 1.165) is 44.9 Å². The van der Waals surface area contributed by atoms with Crippen molar-refractivity contribution in [2.75, 3.05) is 68.6 Å². The minimum absolute atomic E-state index is 0.0250. The zero-order valence-electron chi connectivity index (χ0n) is 28.8. The van der Waals surface area contributed by atoms with E-state index in [4.69, 9.17) is 9.47 Å². The van der Waals surface area contributed by atoms with Gasteiger partial charge >= 0.3 is 11.9 Å². The second-order valence-electron chi connectivity index (χ2n) is 17.5. The van der Waals surface area contributed by atoms with E-state index in [-0.39, 0.29) is 53.7 Å². The van der Waals surface area contributed by atoms with Gasteiger partial charge in [0.15, 0.2) is 0 Å². The Morgan fingerprint density at radius 1 is 0.884 bits per heavy atom. The van der Waals surface area contributed by atoms with Gasteiger partial charge in [-0.3, -0.25) is 9.59 Å². The lowest BCUT2D eigenvalue weighted by atomic mass is 9.36. The molecule has 8 heteroatoms. The summed E-state index contributed by atoms with van der Waals surface area (Å²) < 4.78 is 13.0. The summed E-state index contributed by atoms with van der Waals surface area (Å²) in [7, 11) is 12.1. The van der Waals surface area contributed by atoms with Gasteiger partial charge in [0.25, 0.3) is 0 Å². The molecule has 3 fully saturated rings. The number of esters is 2. The van der Waals surface area contributed by atoms with Crippen molar-refractivity contribution in [3.05, 3.63) is 11.6 Å². The van der Waals surface area contributed by atoms with Crippen molar-refractivity contribution >= 4 is 11.9 Å². The van der Waals surface area contributed by atoms with Gasteiger partial charge < -0.3 is 28.7 Å². The number of hydrogen-bond acceptors (Lipinski definition) is 6. The normalized spacial score (nSPS) is 37.2. The minimum Gasteiger partial charge on any atom is -0.462 e. The highest BCUT2D eigenvalue weighted by molar-refractivity contribution is 5.78. The van der Waals surface area contributed by atoms with Gasteiger partial charge in [-0.1, -0.05) is 38.8 Å². The van der Waals surface area contributed by atoms with Crippen LogP contribution in [0.5, 0.6) is 0 Å². The molecule has 8 nitrogen and oxygen atoms in total. The Labute approximate surface area is 261 Å². The number of allylic oxidation sites excluding steroid dienone is 2. The highest BCUT2D eigenvalue weighted by atomic mass is 16.5. The molecule has 0 aliphatic heterocycles. The Balaban J connectivity index is 1.58. The first kappa shape index (κ1) is 34.4. The molecule has 2 bridgehead atoms. The highest BCUT2D eigenvalue weighted by Crippen LogP contribution is 2.72. The number of ether oxygens (including phenoxy) is 2. The number of hydrogen-bond donors (Lipinski definition) is 2. The number of carbonyl (C=O) groups excluding carboxylic acids is 2. The van der Waals surface area contributed by atoms with E-state index in [2.05, 4.69) is 33.8 Å². The van der Waals surface area contributed by atoms with Gasteiger partial charge in [0, 0.05) is 5.41 Å². The molecule has 0 radical (unpaired) electrons. The summed E-state index contributed by atoms with van der Waals surface area (Å²) in [4.78, 5) is 27.7. The number of aliphatic hydroxyl groups is 2. The van der Waals surface area contributed by atoms with Gasteiger partial charge in [0.1, 0.15) is 38.5 Å². The second-order valence-corrected chi connectivity index (χ2v) is 17.5. The quantitative estimate of drug-likeness (QED) is 0.210. The number of fused-ring (bicyclic) bond motifs is 2. The van der Waals surface area contributed by atoms with Gasteiger partial charge in [-0.2, -0.15) is 0 Å². The van der Waals surface area contributed by atoms with E-state index in [0.29, 0.717) is 33.9 Å². The van der Waals surface area contributed by atoms with Crippen LogP contribution in [0.15, 0.2) is 11.6 Å². The molecule has 0 heterocycles. The highest BCUT2D eigenvalue weighted by Gasteiger charge is 2.68. The molecule has 0 aromatic carbocycles. The van der Waals surface area contributed by atoms with Crippen LogP contribution in [0.2, 0.25) is 0 Å². The molecule has 1 spiro atoms. The molecule has 9 atom stereocenters. The molecule has 5 aliphatic rings. The molecule has 5 unspecified atom stereocenters. The maximum atomic E-state index is 13.9. The molecule has 3 saturated carbocycles. The average molecular weight is 607 g/mol. The average Bonchev–Trinajstić information content (AvgIpc) is 2.87. The van der Waals surface area contributed by atoms with Crippen LogP contribution >= 0.6 is 0 Å². The van der Waals surface area contributed by atoms with Gasteiger partial charge in [0.2, 0.25) is 0 Å². The maximum Gasteiger partial charge on any atom is 0.312 e. The van der Waals surface area contributed by atoms with Gasteiger partial charge in [-0.15, -0.1) is 0 Å². The summed E-state index contributed by atoms with van der Waals surface area (Å²) in [5.41, 5.74) is 0.476. The molecule has 5 aliphatic carbocycles. The van der Waals surface area contributed by atoms with E-state index in [1.54, 1.807) is 0 Å². The van der Waals surface area contributed by atoms with E-state index in [1.807, 2.05) is 42.3 Å². The number of aliphatic hydroxyl groups excluding tert-OH is 2. The van der Waals surface area contributed by atoms with Crippen molar-refractivity contribution in [1.29, 1.82) is 0 Å². The number of rotatable bonds is 11. The standard InChI is InChI=1S/C35H62N2O6/c1-23(2)27-18-35-15-12-29-33(3,13-11-14-34(29,4)32(41)43-22-26(39)20-37(8,9)10)30(35)17-24(27)16-28(35)31(40)42-21-25(38)19-36(5,6)7/h18,23-26,28-30,38-39H,11-17,19-22H2,1-10H3/q+2/t24?,25?,26?,28?,29-,30-,33+,34-,35?/m1/s1. The summed E-state index contributed by atoms with van der Waals surface area (Å²) in [5.74, 6) is 0.639. The topological polar surface area (TPSA) is 93.1 Å². The van der Waals surface area contributed by atoms with Crippen molar-refractivity contribution in [3.63, 3.8) is 0 Å². The SMILES string of the molecule is CC(C)C1=CC23CC[C@@H]4[C@](C)(CCC[C@@]4(C)C(=O)OCC(O)C[N+](C)(C)C)[C@H]2CC1CC3C(=O)OCC(O)C[N+](C)(C)C. The van der Waals surface area contributed by atoms with Crippen LogP contribution in [0.4, 0.5) is 0 Å². The molecule has 0 saturated heterocycles. The third-order valence-corrected chi connectivity index (χ3v) is 11.6. The summed E-state index contributed by atoms with van der Waals surface area (Å²) in [6.45, 7) is 10.1. The van der Waals surface area contributed by atoms with Crippen LogP contribution in [0.3, 0.4) is 0 Å². The number of likely N-dealkylation sites (N-methyl/N-ethyl adjacent to an activating group) is 2. The lowest BCUT2D eigenvalue weighted by molar-refractivity contribution is -0.873. The van der Waals surface area contributed by atoms with E-state index < -0.39 is 17.6 Å². The van der Waals surface area contributed by atoms with Crippen molar-refractivity contribution in [1.82, 2.24) is 0 Å². The third kappa shape index (κ3) is 6.87. The maximum absolute atomic E-state index is 13.9. The predicted octanol–water partition coefficient (Wildman–Crippen LogP) is 4.04. The molecule has 5 rings (SSSR count). The minimum atomic E-state index is -0.696. The van der Waals surface area contributed by atoms with Crippen molar-refractivity contribution < 1.29 is 38.2 Å². The van der Waals surface area contributed by atoms with Crippen LogP contribution < -0.4 is 0 Å². The first-order valence-corrected chi connectivity index (χ1v) is 16.8. The zero-order valence-corrected chi connectivity index (χ0v) is 28.8. The monoisotopic (exact) mass is 606 g/mol. The Morgan fingerprint density at radius 3 is 2.02 bits per heavy atom. The number of quaternary nitrogens is 2. The molecule has 2 N–H and O–H groups in total. The molecule has 0 amide bonds. The summed E-state index contributed by atoms with van der Waals surface area (Å²) >= 11 is 0. The smallest absolute Gasteiger partial charge is 0.312 e. The van der Waals surface area contributed by atoms with E-state index in [9.17, 15) is 19.8 Å². The number of carbonyl (C=O) groups is 2. The molecular weight excluding hydrogens is 544 g/mol.